The summed E-state index contributed by atoms with van der Waals surface area (Å²) in [6.45, 7) is 5.95. The van der Waals surface area contributed by atoms with Crippen LogP contribution in [0, 0.1) is 0 Å². The maximum atomic E-state index is 12.9. The lowest BCUT2D eigenvalue weighted by molar-refractivity contribution is -0.159. The Morgan fingerprint density at radius 3 is 1.91 bits per heavy atom. The number of piperazine rings is 1. The van der Waals surface area contributed by atoms with Crippen LogP contribution >= 0.6 is 0 Å². The van der Waals surface area contributed by atoms with Crippen LogP contribution in [0.5, 0.6) is 5.75 Å². The van der Waals surface area contributed by atoms with Gasteiger partial charge >= 0.3 is 18.0 Å². The molecule has 34 heavy (non-hydrogen) atoms. The number of rotatable bonds is 5. The topological polar surface area (TPSA) is 154 Å². The number of carbonyl (C=O) groups excluding carboxylic acids is 1. The first kappa shape index (κ1) is 27.3. The van der Waals surface area contributed by atoms with E-state index in [-0.39, 0.29) is 6.09 Å². The average molecular weight is 502 g/mol. The predicted octanol–water partition coefficient (Wildman–Crippen LogP) is 0.778. The van der Waals surface area contributed by atoms with E-state index in [1.54, 1.807) is 40.6 Å². The van der Waals surface area contributed by atoms with Gasteiger partial charge in [-0.2, -0.15) is 4.31 Å². The lowest BCUT2D eigenvalue weighted by atomic mass is 10.0. The third kappa shape index (κ3) is 7.30. The van der Waals surface area contributed by atoms with Crippen molar-refractivity contribution in [1.82, 2.24) is 14.1 Å². The molecule has 2 fully saturated rings. The van der Waals surface area contributed by atoms with Crippen molar-refractivity contribution >= 4 is 28.1 Å². The van der Waals surface area contributed by atoms with E-state index in [4.69, 9.17) is 29.3 Å². The predicted molar refractivity (Wildman–Crippen MR) is 120 cm³/mol. The van der Waals surface area contributed by atoms with E-state index in [9.17, 15) is 13.2 Å². The quantitative estimate of drug-likeness (QED) is 0.553. The molecule has 2 aliphatic rings. The first-order valence-electron chi connectivity index (χ1n) is 10.9. The van der Waals surface area contributed by atoms with Crippen molar-refractivity contribution in [2.24, 2.45) is 0 Å². The third-order valence-electron chi connectivity index (χ3n) is 5.66. The van der Waals surface area contributed by atoms with Gasteiger partial charge in [0, 0.05) is 45.3 Å². The summed E-state index contributed by atoms with van der Waals surface area (Å²) >= 11 is 0. The minimum Gasteiger partial charge on any atom is -0.497 e. The molecule has 1 aromatic rings. The molecule has 3 rings (SSSR count). The van der Waals surface area contributed by atoms with Gasteiger partial charge in [0.25, 0.3) is 0 Å². The van der Waals surface area contributed by atoms with Crippen molar-refractivity contribution in [2.45, 2.75) is 30.7 Å². The van der Waals surface area contributed by atoms with Crippen molar-refractivity contribution in [3.05, 3.63) is 24.3 Å². The summed E-state index contributed by atoms with van der Waals surface area (Å²) in [4.78, 5) is 34.4. The number of carboxylic acids is 2. The summed E-state index contributed by atoms with van der Waals surface area (Å²) in [7, 11) is -1.93. The molecule has 0 aromatic heterocycles. The molecule has 12 nitrogen and oxygen atoms in total. The molecule has 190 valence electrons. The first-order chi connectivity index (χ1) is 16.1. The van der Waals surface area contributed by atoms with Crippen LogP contribution in [-0.4, -0.2) is 110 Å². The summed E-state index contributed by atoms with van der Waals surface area (Å²) in [6, 6.07) is 6.90. The Bertz CT molecular complexity index is 925. The number of amides is 1. The Kier molecular flexibility index (Phi) is 10.1. The Morgan fingerprint density at radius 2 is 1.47 bits per heavy atom. The monoisotopic (exact) mass is 501 g/mol. The minimum absolute atomic E-state index is 0.239. The zero-order chi connectivity index (χ0) is 25.3. The summed E-state index contributed by atoms with van der Waals surface area (Å²) in [5.74, 6) is -3.01. The van der Waals surface area contributed by atoms with Gasteiger partial charge in [-0.1, -0.05) is 0 Å². The molecule has 2 saturated heterocycles. The Hall–Kier alpha value is -2.90. The lowest BCUT2D eigenvalue weighted by Gasteiger charge is -2.42. The van der Waals surface area contributed by atoms with Gasteiger partial charge in [-0.25, -0.2) is 22.8 Å². The van der Waals surface area contributed by atoms with E-state index < -0.39 is 22.0 Å². The van der Waals surface area contributed by atoms with Crippen LogP contribution in [0.25, 0.3) is 0 Å². The summed E-state index contributed by atoms with van der Waals surface area (Å²) < 4.78 is 37.4. The maximum absolute atomic E-state index is 12.9. The molecule has 0 aliphatic carbocycles. The molecule has 0 saturated carbocycles. The molecule has 0 unspecified atom stereocenters. The lowest BCUT2D eigenvalue weighted by Crippen LogP contribution is -2.54. The molecule has 2 heterocycles. The van der Waals surface area contributed by atoms with Crippen LogP contribution in [0.1, 0.15) is 19.8 Å². The van der Waals surface area contributed by atoms with E-state index in [0.29, 0.717) is 62.6 Å². The SMILES string of the molecule is CCOC(=O)N1CCC(N2CCN(S(=O)(=O)c3ccc(OC)cc3)CC2)CC1.O=C(O)C(=O)O. The highest BCUT2D eigenvalue weighted by molar-refractivity contribution is 7.89. The standard InChI is InChI=1S/C19H29N3O5S.C2H2O4/c1-3-27-19(23)21-10-8-16(9-11-21)20-12-14-22(15-13-20)28(24,25)18-6-4-17(26-2)5-7-18;3-1(4)2(5)6/h4-7,16H,3,8-15H2,1-2H3;(H,3,4)(H,5,6). The number of hydrogen-bond acceptors (Lipinski definition) is 8. The Morgan fingerprint density at radius 1 is 0.941 bits per heavy atom. The maximum Gasteiger partial charge on any atom is 0.414 e. The highest BCUT2D eigenvalue weighted by Gasteiger charge is 2.33. The van der Waals surface area contributed by atoms with Gasteiger partial charge < -0.3 is 24.6 Å². The van der Waals surface area contributed by atoms with Gasteiger partial charge in [0.05, 0.1) is 18.6 Å². The van der Waals surface area contributed by atoms with Crippen LogP contribution in [-0.2, 0) is 24.3 Å². The van der Waals surface area contributed by atoms with Crippen LogP contribution in [0.15, 0.2) is 29.2 Å². The molecule has 2 aliphatic heterocycles. The number of piperidine rings is 1. The number of benzene rings is 1. The molecular formula is C21H31N3O9S. The number of aliphatic carboxylic acids is 2. The minimum atomic E-state index is -3.49. The van der Waals surface area contributed by atoms with E-state index in [2.05, 4.69) is 4.90 Å². The molecule has 13 heteroatoms. The number of sulfonamides is 1. The van der Waals surface area contributed by atoms with Crippen molar-refractivity contribution in [3.63, 3.8) is 0 Å². The van der Waals surface area contributed by atoms with Crippen LogP contribution in [0.4, 0.5) is 4.79 Å². The van der Waals surface area contributed by atoms with Gasteiger partial charge in [0.2, 0.25) is 10.0 Å². The fourth-order valence-corrected chi connectivity index (χ4v) is 5.26. The Labute approximate surface area is 198 Å². The molecule has 1 aromatic carbocycles. The largest absolute Gasteiger partial charge is 0.497 e. The smallest absolute Gasteiger partial charge is 0.414 e. The molecule has 0 bridgehead atoms. The Balaban J connectivity index is 0.000000604. The van der Waals surface area contributed by atoms with Crippen molar-refractivity contribution in [2.75, 3.05) is 53.0 Å². The number of carboxylic acid groups (broad SMARTS) is 2. The first-order valence-corrected chi connectivity index (χ1v) is 12.3. The number of nitrogens with zero attached hydrogens (tertiary/aromatic N) is 3. The molecular weight excluding hydrogens is 470 g/mol. The van der Waals surface area contributed by atoms with Crippen LogP contribution in [0.3, 0.4) is 0 Å². The van der Waals surface area contributed by atoms with Crippen LogP contribution < -0.4 is 4.74 Å². The summed E-state index contributed by atoms with van der Waals surface area (Å²) in [5.41, 5.74) is 0. The van der Waals surface area contributed by atoms with Gasteiger partial charge in [0.15, 0.2) is 0 Å². The highest BCUT2D eigenvalue weighted by atomic mass is 32.2. The van der Waals surface area contributed by atoms with E-state index in [1.807, 2.05) is 6.92 Å². The van der Waals surface area contributed by atoms with E-state index in [0.717, 1.165) is 12.8 Å². The third-order valence-corrected chi connectivity index (χ3v) is 7.57. The van der Waals surface area contributed by atoms with Gasteiger partial charge in [-0.15, -0.1) is 0 Å². The van der Waals surface area contributed by atoms with Crippen molar-refractivity contribution < 1.29 is 42.5 Å². The van der Waals surface area contributed by atoms with E-state index >= 15 is 0 Å². The zero-order valence-electron chi connectivity index (χ0n) is 19.3. The van der Waals surface area contributed by atoms with Gasteiger partial charge in [0.1, 0.15) is 5.75 Å². The second kappa shape index (κ2) is 12.5. The highest BCUT2D eigenvalue weighted by Crippen LogP contribution is 2.23. The number of ether oxygens (including phenoxy) is 2. The number of methoxy groups -OCH3 is 1. The van der Waals surface area contributed by atoms with Crippen LogP contribution in [0.2, 0.25) is 0 Å². The fraction of sp³-hybridized carbons (Fsp3) is 0.571. The van der Waals surface area contributed by atoms with E-state index in [1.165, 1.54) is 0 Å². The fourth-order valence-electron chi connectivity index (χ4n) is 3.83. The summed E-state index contributed by atoms with van der Waals surface area (Å²) in [5, 5.41) is 14.8. The molecule has 0 atom stereocenters. The van der Waals surface area contributed by atoms with Crippen molar-refractivity contribution in [1.29, 1.82) is 0 Å². The van der Waals surface area contributed by atoms with Gasteiger partial charge in [-0.05, 0) is 44.0 Å². The normalized spacial score (nSPS) is 17.9. The molecule has 2 N–H and O–H groups in total. The van der Waals surface area contributed by atoms with Gasteiger partial charge in [-0.3, -0.25) is 4.90 Å². The van der Waals surface area contributed by atoms with Crippen molar-refractivity contribution in [3.8, 4) is 5.75 Å². The second-order valence-corrected chi connectivity index (χ2v) is 9.58. The summed E-state index contributed by atoms with van der Waals surface area (Å²) in [6.07, 6.45) is 1.55. The average Bonchev–Trinajstić information content (AvgIpc) is 2.84. The number of carbonyl (C=O) groups is 3. The molecule has 1 amide bonds. The second-order valence-electron chi connectivity index (χ2n) is 7.64. The molecule has 0 radical (unpaired) electrons. The number of hydrogen-bond donors (Lipinski definition) is 2. The zero-order valence-corrected chi connectivity index (χ0v) is 20.1. The number of likely N-dealkylation sites (tertiary alicyclic amines) is 1. The molecule has 0 spiro atoms.